The maximum atomic E-state index is 11.8. The van der Waals surface area contributed by atoms with Crippen LogP contribution in [0.3, 0.4) is 0 Å². The lowest BCUT2D eigenvalue weighted by Crippen LogP contribution is -2.20. The second kappa shape index (κ2) is 7.29. The van der Waals surface area contributed by atoms with Crippen LogP contribution >= 0.6 is 11.6 Å². The molecule has 1 rings (SSSR count). The van der Waals surface area contributed by atoms with E-state index in [2.05, 4.69) is 25.0 Å². The Hall–Kier alpha value is -1.35. The Kier molecular flexibility index (Phi) is 6.03. The molecule has 6 nitrogen and oxygen atoms in total. The highest BCUT2D eigenvalue weighted by Crippen LogP contribution is 2.14. The normalized spacial score (nSPS) is 11.4. The van der Waals surface area contributed by atoms with Crippen LogP contribution in [0.25, 0.3) is 0 Å². The second-order valence-corrected chi connectivity index (χ2v) is 3.58. The summed E-state index contributed by atoms with van der Waals surface area (Å²) in [5.74, 6) is 0.110. The summed E-state index contributed by atoms with van der Waals surface area (Å²) >= 11 is 5.62. The lowest BCUT2D eigenvalue weighted by Gasteiger charge is -2.09. The van der Waals surface area contributed by atoms with Gasteiger partial charge in [0.1, 0.15) is 6.61 Å². The molecule has 0 aliphatic carbocycles. The van der Waals surface area contributed by atoms with Crippen molar-refractivity contribution in [1.82, 2.24) is 15.0 Å². The molecule has 0 aliphatic rings. The van der Waals surface area contributed by atoms with E-state index >= 15 is 0 Å². The Labute approximate surface area is 112 Å². The molecule has 0 spiro atoms. The minimum absolute atomic E-state index is 0.0428. The smallest absolute Gasteiger partial charge is 0.411 e. The number of alkyl halides is 3. The van der Waals surface area contributed by atoms with Crippen molar-refractivity contribution in [3.63, 3.8) is 0 Å². The van der Waals surface area contributed by atoms with E-state index in [9.17, 15) is 13.2 Å². The van der Waals surface area contributed by atoms with Crippen LogP contribution in [0.5, 0.6) is 6.01 Å². The number of ether oxygens (including phenoxy) is 2. The molecule has 0 fully saturated rings. The molecule has 0 radical (unpaired) electrons. The summed E-state index contributed by atoms with van der Waals surface area (Å²) in [6, 6.07) is 0.0428. The minimum Gasteiger partial charge on any atom is -0.464 e. The van der Waals surface area contributed by atoms with Crippen LogP contribution in [-0.4, -0.2) is 47.5 Å². The fourth-order valence-corrected chi connectivity index (χ4v) is 1.18. The van der Waals surface area contributed by atoms with Gasteiger partial charge >= 0.3 is 12.2 Å². The van der Waals surface area contributed by atoms with Crippen molar-refractivity contribution >= 4 is 17.5 Å². The molecule has 0 amide bonds. The fourth-order valence-electron chi connectivity index (χ4n) is 1.03. The van der Waals surface area contributed by atoms with Crippen LogP contribution in [0, 0.1) is 0 Å². The monoisotopic (exact) mass is 300 g/mol. The Bertz CT molecular complexity index is 406. The summed E-state index contributed by atoms with van der Waals surface area (Å²) in [7, 11) is 0. The van der Waals surface area contributed by atoms with Gasteiger partial charge in [0.05, 0.1) is 13.2 Å². The van der Waals surface area contributed by atoms with E-state index in [0.29, 0.717) is 6.61 Å². The summed E-state index contributed by atoms with van der Waals surface area (Å²) in [6.07, 6.45) is -4.33. The number of rotatable bonds is 7. The van der Waals surface area contributed by atoms with Crippen molar-refractivity contribution in [1.29, 1.82) is 0 Å². The summed E-state index contributed by atoms with van der Waals surface area (Å²) in [5.41, 5.74) is 0. The minimum atomic E-state index is -4.33. The van der Waals surface area contributed by atoms with Gasteiger partial charge in [-0.3, -0.25) is 0 Å². The van der Waals surface area contributed by atoms with Gasteiger partial charge in [-0.2, -0.15) is 28.1 Å². The first-order valence-corrected chi connectivity index (χ1v) is 5.71. The lowest BCUT2D eigenvalue weighted by molar-refractivity contribution is -0.172. The largest absolute Gasteiger partial charge is 0.464 e. The van der Waals surface area contributed by atoms with Gasteiger partial charge in [-0.15, -0.1) is 0 Å². The summed E-state index contributed by atoms with van der Waals surface area (Å²) in [5, 5.41) is 2.58. The zero-order chi connectivity index (χ0) is 14.3. The first kappa shape index (κ1) is 15.7. The fraction of sp³-hybridized carbons (Fsp3) is 0.667. The Morgan fingerprint density at radius 1 is 1.26 bits per heavy atom. The molecule has 1 heterocycles. The molecule has 0 saturated carbocycles. The number of anilines is 1. The molecule has 0 aromatic carbocycles. The molecule has 1 aromatic rings. The Morgan fingerprint density at radius 2 is 2.00 bits per heavy atom. The lowest BCUT2D eigenvalue weighted by atomic mass is 10.6. The van der Waals surface area contributed by atoms with Gasteiger partial charge in [0.15, 0.2) is 0 Å². The average molecular weight is 301 g/mol. The summed E-state index contributed by atoms with van der Waals surface area (Å²) < 4.78 is 44.8. The summed E-state index contributed by atoms with van der Waals surface area (Å²) in [6.45, 7) is 0.760. The molecule has 0 unspecified atom stereocenters. The van der Waals surface area contributed by atoms with Gasteiger partial charge in [-0.05, 0) is 18.5 Å². The first-order valence-electron chi connectivity index (χ1n) is 5.33. The standard InChI is InChI=1S/C9H12ClF3N4O2/c1-2-19-8-16-6(10)15-7(17-8)14-3-4-18-5-9(11,12)13/h2-5H2,1H3,(H,14,15,16,17). The molecular formula is C9H12ClF3N4O2. The third-order valence-electron chi connectivity index (χ3n) is 1.66. The van der Waals surface area contributed by atoms with Gasteiger partial charge in [0, 0.05) is 6.54 Å². The molecule has 0 bridgehead atoms. The van der Waals surface area contributed by atoms with Crippen molar-refractivity contribution in [3.8, 4) is 6.01 Å². The molecular weight excluding hydrogens is 289 g/mol. The summed E-state index contributed by atoms with van der Waals surface area (Å²) in [4.78, 5) is 11.3. The SMILES string of the molecule is CCOc1nc(Cl)nc(NCCOCC(F)(F)F)n1. The topological polar surface area (TPSA) is 69.2 Å². The van der Waals surface area contributed by atoms with Crippen LogP contribution in [0.2, 0.25) is 5.28 Å². The molecule has 0 atom stereocenters. The molecule has 108 valence electrons. The van der Waals surface area contributed by atoms with Crippen molar-refractivity contribution < 1.29 is 22.6 Å². The van der Waals surface area contributed by atoms with Crippen LogP contribution < -0.4 is 10.1 Å². The third kappa shape index (κ3) is 6.97. The third-order valence-corrected chi connectivity index (χ3v) is 1.83. The molecule has 0 aliphatic heterocycles. The van der Waals surface area contributed by atoms with Gasteiger partial charge in [0.2, 0.25) is 11.2 Å². The highest BCUT2D eigenvalue weighted by atomic mass is 35.5. The highest BCUT2D eigenvalue weighted by Gasteiger charge is 2.27. The van der Waals surface area contributed by atoms with Gasteiger partial charge < -0.3 is 14.8 Å². The molecule has 1 N–H and O–H groups in total. The van der Waals surface area contributed by atoms with Crippen LogP contribution in [0.4, 0.5) is 19.1 Å². The van der Waals surface area contributed by atoms with E-state index < -0.39 is 12.8 Å². The quantitative estimate of drug-likeness (QED) is 0.776. The predicted octanol–water partition coefficient (Wildman–Crippen LogP) is 1.91. The van der Waals surface area contributed by atoms with E-state index in [1.165, 1.54) is 0 Å². The van der Waals surface area contributed by atoms with Gasteiger partial charge in [-0.25, -0.2) is 0 Å². The van der Waals surface area contributed by atoms with E-state index in [4.69, 9.17) is 16.3 Å². The second-order valence-electron chi connectivity index (χ2n) is 3.24. The van der Waals surface area contributed by atoms with E-state index in [1.807, 2.05) is 0 Å². The number of hydrogen-bond acceptors (Lipinski definition) is 6. The van der Waals surface area contributed by atoms with Gasteiger partial charge in [-0.1, -0.05) is 0 Å². The van der Waals surface area contributed by atoms with Crippen molar-refractivity contribution in [2.45, 2.75) is 13.1 Å². The predicted molar refractivity (Wildman–Crippen MR) is 61.4 cm³/mol. The van der Waals surface area contributed by atoms with Crippen molar-refractivity contribution in [2.75, 3.05) is 31.7 Å². The maximum Gasteiger partial charge on any atom is 0.411 e. The Balaban J connectivity index is 2.36. The zero-order valence-electron chi connectivity index (χ0n) is 10.00. The van der Waals surface area contributed by atoms with Crippen LogP contribution in [0.1, 0.15) is 6.92 Å². The van der Waals surface area contributed by atoms with Crippen LogP contribution in [-0.2, 0) is 4.74 Å². The van der Waals surface area contributed by atoms with Crippen molar-refractivity contribution in [2.24, 2.45) is 0 Å². The van der Waals surface area contributed by atoms with E-state index in [0.717, 1.165) is 0 Å². The van der Waals surface area contributed by atoms with Gasteiger partial charge in [0.25, 0.3) is 0 Å². The average Bonchev–Trinajstić information content (AvgIpc) is 2.26. The van der Waals surface area contributed by atoms with E-state index in [-0.39, 0.29) is 30.4 Å². The highest BCUT2D eigenvalue weighted by molar-refractivity contribution is 6.28. The molecule has 19 heavy (non-hydrogen) atoms. The molecule has 10 heteroatoms. The Morgan fingerprint density at radius 3 is 2.63 bits per heavy atom. The molecule has 0 saturated heterocycles. The first-order chi connectivity index (χ1) is 8.90. The molecule has 1 aromatic heterocycles. The number of nitrogens with zero attached hydrogens (tertiary/aromatic N) is 3. The number of halogens is 4. The number of nitrogens with one attached hydrogen (secondary N) is 1. The van der Waals surface area contributed by atoms with Crippen molar-refractivity contribution in [3.05, 3.63) is 5.28 Å². The zero-order valence-corrected chi connectivity index (χ0v) is 10.8. The van der Waals surface area contributed by atoms with Crippen LogP contribution in [0.15, 0.2) is 0 Å². The maximum absolute atomic E-state index is 11.8. The van der Waals surface area contributed by atoms with E-state index in [1.54, 1.807) is 6.92 Å². The number of aromatic nitrogens is 3. The number of hydrogen-bond donors (Lipinski definition) is 1.